The molecule has 1 rings (SSSR count). The SMILES string of the molecule is CN(C(=O)c1cc([N+](=O)[O-])ccc1NN)C(C)(C)CO. The van der Waals surface area contributed by atoms with Gasteiger partial charge in [0.25, 0.3) is 11.6 Å². The second-order valence-electron chi connectivity index (χ2n) is 4.97. The quantitative estimate of drug-likeness (QED) is 0.415. The molecular weight excluding hydrogens is 264 g/mol. The lowest BCUT2D eigenvalue weighted by Crippen LogP contribution is -2.47. The van der Waals surface area contributed by atoms with E-state index in [2.05, 4.69) is 5.43 Å². The van der Waals surface area contributed by atoms with Crippen molar-refractivity contribution in [3.8, 4) is 0 Å². The van der Waals surface area contributed by atoms with Crippen LogP contribution in [0.4, 0.5) is 11.4 Å². The number of anilines is 1. The fourth-order valence-electron chi connectivity index (χ4n) is 1.51. The fraction of sp³-hybridized carbons (Fsp3) is 0.417. The number of carbonyl (C=O) groups is 1. The van der Waals surface area contributed by atoms with Crippen molar-refractivity contribution in [3.05, 3.63) is 33.9 Å². The van der Waals surface area contributed by atoms with Crippen molar-refractivity contribution in [2.24, 2.45) is 5.84 Å². The second-order valence-corrected chi connectivity index (χ2v) is 4.97. The molecule has 0 aliphatic heterocycles. The van der Waals surface area contributed by atoms with Gasteiger partial charge in [0, 0.05) is 19.2 Å². The van der Waals surface area contributed by atoms with Crippen LogP contribution in [0.2, 0.25) is 0 Å². The minimum absolute atomic E-state index is 0.0747. The number of carbonyl (C=O) groups excluding carboxylic acids is 1. The molecule has 0 aliphatic rings. The zero-order valence-corrected chi connectivity index (χ0v) is 11.6. The summed E-state index contributed by atoms with van der Waals surface area (Å²) in [6.07, 6.45) is 0. The molecule has 0 unspecified atom stereocenters. The van der Waals surface area contributed by atoms with Crippen molar-refractivity contribution < 1.29 is 14.8 Å². The highest BCUT2D eigenvalue weighted by Crippen LogP contribution is 2.25. The molecule has 0 atom stereocenters. The van der Waals surface area contributed by atoms with Crippen LogP contribution in [-0.2, 0) is 0 Å². The van der Waals surface area contributed by atoms with E-state index in [1.807, 2.05) is 0 Å². The van der Waals surface area contributed by atoms with Gasteiger partial charge in [0.1, 0.15) is 0 Å². The molecule has 8 heteroatoms. The van der Waals surface area contributed by atoms with Gasteiger partial charge in [-0.1, -0.05) is 0 Å². The zero-order chi connectivity index (χ0) is 15.5. The molecule has 0 aromatic heterocycles. The zero-order valence-electron chi connectivity index (χ0n) is 11.6. The lowest BCUT2D eigenvalue weighted by atomic mass is 10.0. The third kappa shape index (κ3) is 3.03. The van der Waals surface area contributed by atoms with Crippen LogP contribution >= 0.6 is 0 Å². The second kappa shape index (κ2) is 5.85. The first-order chi connectivity index (χ1) is 9.24. The first-order valence-corrected chi connectivity index (χ1v) is 5.88. The average Bonchev–Trinajstić information content (AvgIpc) is 2.44. The Labute approximate surface area is 116 Å². The minimum Gasteiger partial charge on any atom is -0.394 e. The minimum atomic E-state index is -0.798. The number of nitrogens with one attached hydrogen (secondary N) is 1. The molecule has 4 N–H and O–H groups in total. The van der Waals surface area contributed by atoms with Gasteiger partial charge in [-0.2, -0.15) is 0 Å². The number of nitro groups is 1. The molecule has 20 heavy (non-hydrogen) atoms. The third-order valence-electron chi connectivity index (χ3n) is 3.20. The van der Waals surface area contributed by atoms with Gasteiger partial charge < -0.3 is 15.4 Å². The molecule has 0 saturated heterocycles. The van der Waals surface area contributed by atoms with Gasteiger partial charge in [-0.3, -0.25) is 20.8 Å². The summed E-state index contributed by atoms with van der Waals surface area (Å²) in [7, 11) is 1.51. The van der Waals surface area contributed by atoms with Gasteiger partial charge in [-0.25, -0.2) is 0 Å². The van der Waals surface area contributed by atoms with Gasteiger partial charge >= 0.3 is 0 Å². The summed E-state index contributed by atoms with van der Waals surface area (Å²) in [4.78, 5) is 23.9. The number of nitrogens with two attached hydrogens (primary N) is 1. The number of aliphatic hydroxyl groups excluding tert-OH is 1. The largest absolute Gasteiger partial charge is 0.394 e. The maximum Gasteiger partial charge on any atom is 0.270 e. The summed E-state index contributed by atoms with van der Waals surface area (Å²) in [6, 6.07) is 3.77. The number of nitro benzene ring substituents is 1. The molecule has 0 radical (unpaired) electrons. The van der Waals surface area contributed by atoms with Crippen LogP contribution in [0.5, 0.6) is 0 Å². The predicted octanol–water partition coefficient (Wildman–Crippen LogP) is 0.723. The summed E-state index contributed by atoms with van der Waals surface area (Å²) in [5, 5.41) is 20.1. The van der Waals surface area contributed by atoms with Crippen LogP contribution in [0, 0.1) is 10.1 Å². The summed E-state index contributed by atoms with van der Waals surface area (Å²) >= 11 is 0. The maximum absolute atomic E-state index is 12.4. The molecule has 0 aliphatic carbocycles. The van der Waals surface area contributed by atoms with E-state index in [0.717, 1.165) is 6.07 Å². The number of likely N-dealkylation sites (N-methyl/N-ethyl adjacent to an activating group) is 1. The van der Waals surface area contributed by atoms with Crippen LogP contribution in [0.15, 0.2) is 18.2 Å². The Hall–Kier alpha value is -2.19. The molecule has 0 spiro atoms. The van der Waals surface area contributed by atoms with E-state index in [-0.39, 0.29) is 23.5 Å². The number of hydrogen-bond acceptors (Lipinski definition) is 6. The molecular formula is C12H18N4O4. The lowest BCUT2D eigenvalue weighted by molar-refractivity contribution is -0.384. The highest BCUT2D eigenvalue weighted by molar-refractivity contribution is 6.00. The van der Waals surface area contributed by atoms with Crippen molar-refractivity contribution in [1.82, 2.24) is 4.90 Å². The van der Waals surface area contributed by atoms with Gasteiger partial charge in [0.05, 0.1) is 28.3 Å². The van der Waals surface area contributed by atoms with E-state index in [0.29, 0.717) is 0 Å². The summed E-state index contributed by atoms with van der Waals surface area (Å²) in [5.41, 5.74) is 1.68. The Balaban J connectivity index is 3.26. The Bertz CT molecular complexity index is 530. The molecule has 0 bridgehead atoms. The highest BCUT2D eigenvalue weighted by atomic mass is 16.6. The van der Waals surface area contributed by atoms with Crippen molar-refractivity contribution in [2.75, 3.05) is 19.1 Å². The smallest absolute Gasteiger partial charge is 0.270 e. The molecule has 8 nitrogen and oxygen atoms in total. The lowest BCUT2D eigenvalue weighted by Gasteiger charge is -2.34. The third-order valence-corrected chi connectivity index (χ3v) is 3.20. The number of hydrazine groups is 1. The Morgan fingerprint density at radius 3 is 2.60 bits per heavy atom. The summed E-state index contributed by atoms with van der Waals surface area (Å²) in [5.74, 6) is 4.84. The van der Waals surface area contributed by atoms with E-state index >= 15 is 0 Å². The first-order valence-electron chi connectivity index (χ1n) is 5.88. The summed E-state index contributed by atoms with van der Waals surface area (Å²) in [6.45, 7) is 3.12. The standard InChI is InChI=1S/C12H18N4O4/c1-12(2,7-17)15(3)11(18)9-6-8(16(19)20)4-5-10(9)14-13/h4-6,14,17H,7,13H2,1-3H3. The highest BCUT2D eigenvalue weighted by Gasteiger charge is 2.29. The summed E-state index contributed by atoms with van der Waals surface area (Å²) < 4.78 is 0. The van der Waals surface area contributed by atoms with Gasteiger partial charge in [0.15, 0.2) is 0 Å². The monoisotopic (exact) mass is 282 g/mol. The number of rotatable bonds is 5. The predicted molar refractivity (Wildman–Crippen MR) is 74.2 cm³/mol. The van der Waals surface area contributed by atoms with Gasteiger partial charge in [-0.05, 0) is 19.9 Å². The van der Waals surface area contributed by atoms with Crippen molar-refractivity contribution >= 4 is 17.3 Å². The van der Waals surface area contributed by atoms with Crippen LogP contribution in [0.25, 0.3) is 0 Å². The van der Waals surface area contributed by atoms with E-state index in [1.54, 1.807) is 13.8 Å². The average molecular weight is 282 g/mol. The number of benzene rings is 1. The van der Waals surface area contributed by atoms with Crippen LogP contribution in [-0.4, -0.2) is 40.0 Å². The number of nitrogens with zero attached hydrogens (tertiary/aromatic N) is 2. The molecule has 0 heterocycles. The number of non-ortho nitro benzene ring substituents is 1. The molecule has 1 amide bonds. The van der Waals surface area contributed by atoms with Crippen molar-refractivity contribution in [2.45, 2.75) is 19.4 Å². The van der Waals surface area contributed by atoms with Crippen LogP contribution in [0.1, 0.15) is 24.2 Å². The maximum atomic E-state index is 12.4. The molecule has 1 aromatic carbocycles. The van der Waals surface area contributed by atoms with E-state index in [1.165, 1.54) is 24.1 Å². The van der Waals surface area contributed by atoms with Crippen molar-refractivity contribution in [1.29, 1.82) is 0 Å². The Kier molecular flexibility index (Phi) is 4.64. The molecule has 0 saturated carbocycles. The van der Waals surface area contributed by atoms with Crippen molar-refractivity contribution in [3.63, 3.8) is 0 Å². The Morgan fingerprint density at radius 2 is 2.15 bits per heavy atom. The Morgan fingerprint density at radius 1 is 1.55 bits per heavy atom. The topological polar surface area (TPSA) is 122 Å². The number of hydrogen-bond donors (Lipinski definition) is 3. The van der Waals surface area contributed by atoms with Gasteiger partial charge in [0.2, 0.25) is 0 Å². The fourth-order valence-corrected chi connectivity index (χ4v) is 1.51. The van der Waals surface area contributed by atoms with Gasteiger partial charge in [-0.15, -0.1) is 0 Å². The van der Waals surface area contributed by atoms with E-state index in [9.17, 15) is 20.0 Å². The normalized spacial score (nSPS) is 11.1. The number of amides is 1. The molecule has 1 aromatic rings. The van der Waals surface area contributed by atoms with Crippen LogP contribution in [0.3, 0.4) is 0 Å². The first kappa shape index (κ1) is 15.9. The molecule has 0 fully saturated rings. The van der Waals surface area contributed by atoms with Crippen LogP contribution < -0.4 is 11.3 Å². The van der Waals surface area contributed by atoms with E-state index < -0.39 is 16.4 Å². The molecule has 110 valence electrons. The van der Waals surface area contributed by atoms with E-state index in [4.69, 9.17) is 5.84 Å². The number of nitrogen functional groups attached to an aromatic ring is 1. The number of aliphatic hydroxyl groups is 1.